The van der Waals surface area contributed by atoms with E-state index < -0.39 is 10.0 Å². The van der Waals surface area contributed by atoms with Crippen molar-refractivity contribution in [3.63, 3.8) is 0 Å². The molecule has 2 aromatic carbocycles. The Bertz CT molecular complexity index is 1060. The highest BCUT2D eigenvalue weighted by atomic mass is 35.5. The van der Waals surface area contributed by atoms with Crippen molar-refractivity contribution in [3.8, 4) is 5.75 Å². The minimum absolute atomic E-state index is 0.0506. The lowest BCUT2D eigenvalue weighted by Gasteiger charge is -2.33. The molecule has 0 aromatic heterocycles. The maximum Gasteiger partial charge on any atom is 0.243 e. The normalized spacial score (nSPS) is 21.9. The van der Waals surface area contributed by atoms with Crippen molar-refractivity contribution >= 4 is 27.5 Å². The van der Waals surface area contributed by atoms with Crippen molar-refractivity contribution in [1.82, 2.24) is 9.62 Å². The average Bonchev–Trinajstić information content (AvgIpc) is 2.79. The largest absolute Gasteiger partial charge is 0.497 e. The number of methoxy groups -OCH3 is 1. The van der Waals surface area contributed by atoms with Gasteiger partial charge in [0.05, 0.1) is 24.0 Å². The van der Waals surface area contributed by atoms with Crippen molar-refractivity contribution < 1.29 is 17.9 Å². The molecule has 0 saturated carbocycles. The second-order valence-corrected chi connectivity index (χ2v) is 10.5. The number of piperidine rings is 1. The van der Waals surface area contributed by atoms with Gasteiger partial charge in [0.1, 0.15) is 5.75 Å². The smallest absolute Gasteiger partial charge is 0.243 e. The van der Waals surface area contributed by atoms with Gasteiger partial charge < -0.3 is 10.1 Å². The summed E-state index contributed by atoms with van der Waals surface area (Å²) in [6.07, 6.45) is 4.18. The first-order valence-corrected chi connectivity index (χ1v) is 12.4. The molecule has 1 aliphatic heterocycles. The van der Waals surface area contributed by atoms with Crippen LogP contribution in [0.25, 0.3) is 0 Å². The summed E-state index contributed by atoms with van der Waals surface area (Å²) in [4.78, 5) is 13.3. The summed E-state index contributed by atoms with van der Waals surface area (Å²) in [7, 11) is -2.00. The second-order valence-electron chi connectivity index (χ2n) is 8.17. The third-order valence-electron chi connectivity index (χ3n) is 6.19. The molecule has 0 bridgehead atoms. The standard InChI is InChI=1S/C23H27ClN2O4S/c1-30-19-9-12-21-16(14-19)4-2-6-22(21)25-23(27)17-5-3-13-26(15-17)31(28,29)20-10-7-18(24)8-11-20/h7-12,14,17,22H,2-6,13,15H2,1H3,(H,25,27)/t17-,22-/m1/s1. The van der Waals surface area contributed by atoms with Gasteiger partial charge in [0.2, 0.25) is 15.9 Å². The molecule has 8 heteroatoms. The van der Waals surface area contributed by atoms with Gasteiger partial charge in [-0.3, -0.25) is 4.79 Å². The molecule has 0 radical (unpaired) electrons. The second kappa shape index (κ2) is 9.18. The van der Waals surface area contributed by atoms with Gasteiger partial charge in [-0.2, -0.15) is 4.31 Å². The summed E-state index contributed by atoms with van der Waals surface area (Å²) < 4.78 is 32.8. The lowest BCUT2D eigenvalue weighted by Crippen LogP contribution is -2.46. The van der Waals surface area contributed by atoms with Crippen LogP contribution in [0.4, 0.5) is 0 Å². The highest BCUT2D eigenvalue weighted by Gasteiger charge is 2.34. The number of ether oxygens (including phenoxy) is 1. The molecule has 1 fully saturated rings. The van der Waals surface area contributed by atoms with E-state index >= 15 is 0 Å². The van der Waals surface area contributed by atoms with Crippen LogP contribution in [0.1, 0.15) is 42.9 Å². The van der Waals surface area contributed by atoms with Crippen LogP contribution in [0.2, 0.25) is 5.02 Å². The van der Waals surface area contributed by atoms with Gasteiger partial charge >= 0.3 is 0 Å². The van der Waals surface area contributed by atoms with Crippen LogP contribution in [-0.2, 0) is 21.2 Å². The third-order valence-corrected chi connectivity index (χ3v) is 8.32. The number of hydrogen-bond acceptors (Lipinski definition) is 4. The van der Waals surface area contributed by atoms with Gasteiger partial charge in [-0.1, -0.05) is 17.7 Å². The van der Waals surface area contributed by atoms with E-state index in [1.54, 1.807) is 19.2 Å². The van der Waals surface area contributed by atoms with Gasteiger partial charge in [0.15, 0.2) is 0 Å². The van der Waals surface area contributed by atoms with Gasteiger partial charge in [-0.05, 0) is 79.6 Å². The summed E-state index contributed by atoms with van der Waals surface area (Å²) in [5.41, 5.74) is 2.33. The molecule has 2 aromatic rings. The summed E-state index contributed by atoms with van der Waals surface area (Å²) in [5, 5.41) is 3.67. The summed E-state index contributed by atoms with van der Waals surface area (Å²) >= 11 is 5.89. The zero-order valence-corrected chi connectivity index (χ0v) is 19.1. The molecule has 0 spiro atoms. The lowest BCUT2D eigenvalue weighted by atomic mass is 9.87. The average molecular weight is 463 g/mol. The van der Waals surface area contributed by atoms with E-state index in [0.29, 0.717) is 24.4 Å². The Morgan fingerprint density at radius 2 is 1.90 bits per heavy atom. The number of halogens is 1. The number of aryl methyl sites for hydroxylation is 1. The monoisotopic (exact) mass is 462 g/mol. The maximum atomic E-state index is 13.1. The Morgan fingerprint density at radius 3 is 2.65 bits per heavy atom. The molecule has 1 saturated heterocycles. The van der Waals surface area contributed by atoms with Crippen LogP contribution in [0.5, 0.6) is 5.75 Å². The fraction of sp³-hybridized carbons (Fsp3) is 0.435. The van der Waals surface area contributed by atoms with Crippen molar-refractivity contribution in [3.05, 3.63) is 58.6 Å². The van der Waals surface area contributed by atoms with Gasteiger partial charge in [0.25, 0.3) is 0 Å². The summed E-state index contributed by atoms with van der Waals surface area (Å²) in [5.74, 6) is 0.380. The zero-order valence-electron chi connectivity index (χ0n) is 17.5. The Morgan fingerprint density at radius 1 is 1.13 bits per heavy atom. The highest BCUT2D eigenvalue weighted by molar-refractivity contribution is 7.89. The number of fused-ring (bicyclic) bond motifs is 1. The molecule has 2 aliphatic rings. The number of nitrogens with zero attached hydrogens (tertiary/aromatic N) is 1. The minimum atomic E-state index is -3.65. The molecule has 2 atom stereocenters. The van der Waals surface area contributed by atoms with E-state index in [4.69, 9.17) is 16.3 Å². The fourth-order valence-electron chi connectivity index (χ4n) is 4.49. The Balaban J connectivity index is 1.46. The number of benzene rings is 2. The predicted octanol–water partition coefficient (Wildman–Crippen LogP) is 3.94. The summed E-state index contributed by atoms with van der Waals surface area (Å²) in [6, 6.07) is 12.1. The maximum absolute atomic E-state index is 13.1. The number of rotatable bonds is 5. The minimum Gasteiger partial charge on any atom is -0.497 e. The van der Waals surface area contributed by atoms with E-state index in [9.17, 15) is 13.2 Å². The van der Waals surface area contributed by atoms with E-state index in [1.807, 2.05) is 18.2 Å². The van der Waals surface area contributed by atoms with Gasteiger partial charge in [-0.15, -0.1) is 0 Å². The van der Waals surface area contributed by atoms with Crippen molar-refractivity contribution in [2.24, 2.45) is 5.92 Å². The Hall–Kier alpha value is -2.09. The third kappa shape index (κ3) is 4.73. The molecule has 31 heavy (non-hydrogen) atoms. The van der Waals surface area contributed by atoms with E-state index in [0.717, 1.165) is 30.6 Å². The Labute approximate surface area is 188 Å². The number of amides is 1. The van der Waals surface area contributed by atoms with Gasteiger partial charge in [-0.25, -0.2) is 8.42 Å². The number of nitrogens with one attached hydrogen (secondary N) is 1. The molecule has 1 amide bonds. The molecular formula is C23H27ClN2O4S. The van der Waals surface area contributed by atoms with E-state index in [2.05, 4.69) is 5.32 Å². The lowest BCUT2D eigenvalue weighted by molar-refractivity contribution is -0.127. The van der Waals surface area contributed by atoms with Crippen LogP contribution < -0.4 is 10.1 Å². The van der Waals surface area contributed by atoms with Crippen LogP contribution in [0.3, 0.4) is 0 Å². The number of hydrogen-bond donors (Lipinski definition) is 1. The molecule has 0 unspecified atom stereocenters. The first-order valence-electron chi connectivity index (χ1n) is 10.6. The molecule has 166 valence electrons. The van der Waals surface area contributed by atoms with Crippen LogP contribution in [-0.4, -0.2) is 38.8 Å². The number of carbonyl (C=O) groups excluding carboxylic acids is 1. The predicted molar refractivity (Wildman–Crippen MR) is 120 cm³/mol. The van der Waals surface area contributed by atoms with E-state index in [1.165, 1.54) is 22.0 Å². The molecule has 1 aliphatic carbocycles. The SMILES string of the molecule is COc1ccc2c(c1)CCC[C@H]2NC(=O)[C@@H]1CCCN(S(=O)(=O)c2ccc(Cl)cc2)C1. The molecule has 1 N–H and O–H groups in total. The van der Waals surface area contributed by atoms with Crippen molar-refractivity contribution in [1.29, 1.82) is 0 Å². The quantitative estimate of drug-likeness (QED) is 0.730. The van der Waals surface area contributed by atoms with Crippen molar-refractivity contribution in [2.75, 3.05) is 20.2 Å². The highest BCUT2D eigenvalue weighted by Crippen LogP contribution is 2.33. The molecular weight excluding hydrogens is 436 g/mol. The number of carbonyl (C=O) groups is 1. The molecule has 4 rings (SSSR count). The molecule has 6 nitrogen and oxygen atoms in total. The fourth-order valence-corrected chi connectivity index (χ4v) is 6.14. The van der Waals surface area contributed by atoms with Crippen LogP contribution >= 0.6 is 11.6 Å². The first-order chi connectivity index (χ1) is 14.9. The molecule has 1 heterocycles. The Kier molecular flexibility index (Phi) is 6.55. The van der Waals surface area contributed by atoms with E-state index in [-0.39, 0.29) is 29.3 Å². The number of sulfonamides is 1. The summed E-state index contributed by atoms with van der Waals surface area (Å²) in [6.45, 7) is 0.611. The van der Waals surface area contributed by atoms with Gasteiger partial charge in [0, 0.05) is 18.1 Å². The zero-order chi connectivity index (χ0) is 22.0. The van der Waals surface area contributed by atoms with Crippen LogP contribution in [0, 0.1) is 5.92 Å². The topological polar surface area (TPSA) is 75.7 Å². The van der Waals surface area contributed by atoms with Crippen LogP contribution in [0.15, 0.2) is 47.4 Å². The first kappa shape index (κ1) is 22.1. The van der Waals surface area contributed by atoms with Crippen molar-refractivity contribution in [2.45, 2.75) is 43.0 Å².